The van der Waals surface area contributed by atoms with Gasteiger partial charge in [0.2, 0.25) is 5.91 Å². The number of likely N-dealkylation sites (tertiary alicyclic amines) is 2. The number of nitrogens with zero attached hydrogens (tertiary/aromatic N) is 2. The molecule has 1 unspecified atom stereocenters. The molecule has 126 valence electrons. The number of hydrogen-bond donors (Lipinski definition) is 1. The summed E-state index contributed by atoms with van der Waals surface area (Å²) in [6.45, 7) is 6.66. The Morgan fingerprint density at radius 3 is 2.45 bits per heavy atom. The van der Waals surface area contributed by atoms with Crippen LogP contribution >= 0.6 is 12.6 Å². The van der Waals surface area contributed by atoms with E-state index in [1.807, 2.05) is 0 Å². The van der Waals surface area contributed by atoms with E-state index in [1.165, 1.54) is 4.90 Å². The Bertz CT molecular complexity index is 445. The van der Waals surface area contributed by atoms with Gasteiger partial charge in [-0.3, -0.25) is 4.79 Å². The van der Waals surface area contributed by atoms with Gasteiger partial charge < -0.3 is 14.5 Å². The van der Waals surface area contributed by atoms with Crippen molar-refractivity contribution in [2.24, 2.45) is 0 Å². The zero-order chi connectivity index (χ0) is 16.5. The Balaban J connectivity index is 1.85. The third kappa shape index (κ3) is 4.51. The van der Waals surface area contributed by atoms with Gasteiger partial charge in [0, 0.05) is 44.1 Å². The molecule has 2 fully saturated rings. The first kappa shape index (κ1) is 17.4. The first-order valence-electron chi connectivity index (χ1n) is 7.71. The standard InChI is InChI=1S/C15H25FN2O3S/c1-14(2,3)21-13(20)17-6-4-15(16,5-7-17)10-18-9-11(22)8-12(18)19/h11,22H,4-10H2,1-3H3. The SMILES string of the molecule is CC(C)(C)OC(=O)N1CCC(F)(CN2CC(S)CC2=O)CC1. The Kier molecular flexibility index (Phi) is 4.94. The average Bonchev–Trinajstić information content (AvgIpc) is 2.65. The van der Waals surface area contributed by atoms with E-state index in [0.717, 1.165) is 0 Å². The largest absolute Gasteiger partial charge is 0.444 e. The maximum Gasteiger partial charge on any atom is 0.410 e. The molecule has 0 radical (unpaired) electrons. The second-order valence-electron chi connectivity index (χ2n) is 7.25. The summed E-state index contributed by atoms with van der Waals surface area (Å²) in [5, 5.41) is -0.00190. The predicted molar refractivity (Wildman–Crippen MR) is 84.9 cm³/mol. The van der Waals surface area contributed by atoms with E-state index in [0.29, 0.717) is 26.1 Å². The van der Waals surface area contributed by atoms with Gasteiger partial charge in [-0.2, -0.15) is 12.6 Å². The number of thiol groups is 1. The van der Waals surface area contributed by atoms with Crippen LogP contribution in [0.1, 0.15) is 40.0 Å². The first-order valence-corrected chi connectivity index (χ1v) is 8.22. The number of amides is 2. The zero-order valence-corrected chi connectivity index (χ0v) is 14.4. The lowest BCUT2D eigenvalue weighted by molar-refractivity contribution is -0.130. The van der Waals surface area contributed by atoms with E-state index in [9.17, 15) is 14.0 Å². The van der Waals surface area contributed by atoms with E-state index in [1.54, 1.807) is 25.7 Å². The van der Waals surface area contributed by atoms with Crippen molar-refractivity contribution in [2.45, 2.75) is 56.6 Å². The van der Waals surface area contributed by atoms with Crippen molar-refractivity contribution in [1.29, 1.82) is 0 Å². The second kappa shape index (κ2) is 6.26. The highest BCUT2D eigenvalue weighted by Gasteiger charge is 2.41. The molecular formula is C15H25FN2O3S. The predicted octanol–water partition coefficient (Wildman–Crippen LogP) is 2.26. The monoisotopic (exact) mass is 332 g/mol. The van der Waals surface area contributed by atoms with Crippen LogP contribution in [0.4, 0.5) is 9.18 Å². The van der Waals surface area contributed by atoms with E-state index < -0.39 is 17.4 Å². The van der Waals surface area contributed by atoms with Crippen molar-refractivity contribution < 1.29 is 18.7 Å². The molecule has 2 saturated heterocycles. The van der Waals surface area contributed by atoms with Crippen LogP contribution in [0.5, 0.6) is 0 Å². The van der Waals surface area contributed by atoms with Gasteiger partial charge in [-0.05, 0) is 20.8 Å². The lowest BCUT2D eigenvalue weighted by Gasteiger charge is -2.38. The smallest absolute Gasteiger partial charge is 0.410 e. The summed E-state index contributed by atoms with van der Waals surface area (Å²) in [7, 11) is 0. The molecule has 2 amide bonds. The topological polar surface area (TPSA) is 49.9 Å². The van der Waals surface area contributed by atoms with Gasteiger partial charge in [0.25, 0.3) is 0 Å². The lowest BCUT2D eigenvalue weighted by Crippen LogP contribution is -2.50. The van der Waals surface area contributed by atoms with Crippen LogP contribution in [-0.4, -0.2) is 64.5 Å². The number of halogens is 1. The number of carbonyl (C=O) groups excluding carboxylic acids is 2. The lowest BCUT2D eigenvalue weighted by atomic mass is 9.93. The maximum absolute atomic E-state index is 14.9. The van der Waals surface area contributed by atoms with Crippen LogP contribution in [0.3, 0.4) is 0 Å². The fraction of sp³-hybridized carbons (Fsp3) is 0.867. The Labute approximate surface area is 136 Å². The Hall–Kier alpha value is -0.980. The quantitative estimate of drug-likeness (QED) is 0.789. The molecule has 5 nitrogen and oxygen atoms in total. The molecule has 2 rings (SSSR count). The Morgan fingerprint density at radius 2 is 2.00 bits per heavy atom. The summed E-state index contributed by atoms with van der Waals surface area (Å²) in [4.78, 5) is 26.8. The van der Waals surface area contributed by atoms with Crippen molar-refractivity contribution in [1.82, 2.24) is 9.80 Å². The molecule has 0 aromatic heterocycles. The summed E-state index contributed by atoms with van der Waals surface area (Å²) in [6, 6.07) is 0. The highest BCUT2D eigenvalue weighted by atomic mass is 32.1. The van der Waals surface area contributed by atoms with Crippen molar-refractivity contribution in [2.75, 3.05) is 26.2 Å². The maximum atomic E-state index is 14.9. The van der Waals surface area contributed by atoms with Crippen LogP contribution < -0.4 is 0 Å². The number of ether oxygens (including phenoxy) is 1. The number of hydrogen-bond acceptors (Lipinski definition) is 4. The van der Waals surface area contributed by atoms with Crippen molar-refractivity contribution in [3.8, 4) is 0 Å². The molecule has 0 saturated carbocycles. The number of alkyl halides is 1. The van der Waals surface area contributed by atoms with Crippen molar-refractivity contribution in [3.05, 3.63) is 0 Å². The van der Waals surface area contributed by atoms with Crippen LogP contribution in [0.25, 0.3) is 0 Å². The van der Waals surface area contributed by atoms with Gasteiger partial charge in [0.1, 0.15) is 11.3 Å². The summed E-state index contributed by atoms with van der Waals surface area (Å²) < 4.78 is 20.2. The van der Waals surface area contributed by atoms with E-state index in [2.05, 4.69) is 12.6 Å². The summed E-state index contributed by atoms with van der Waals surface area (Å²) in [5.74, 6) is -0.0356. The minimum absolute atomic E-state index is 0.00190. The van der Waals surface area contributed by atoms with Gasteiger partial charge in [0.05, 0.1) is 6.54 Å². The molecule has 0 N–H and O–H groups in total. The molecule has 0 aromatic rings. The van der Waals surface area contributed by atoms with Gasteiger partial charge in [-0.25, -0.2) is 9.18 Å². The molecule has 0 aliphatic carbocycles. The molecule has 22 heavy (non-hydrogen) atoms. The molecule has 7 heteroatoms. The number of carbonyl (C=O) groups is 2. The van der Waals surface area contributed by atoms with E-state index >= 15 is 0 Å². The molecule has 2 aliphatic heterocycles. The van der Waals surface area contributed by atoms with Crippen LogP contribution in [-0.2, 0) is 9.53 Å². The van der Waals surface area contributed by atoms with Gasteiger partial charge >= 0.3 is 6.09 Å². The molecule has 0 aromatic carbocycles. The van der Waals surface area contributed by atoms with Crippen LogP contribution in [0.15, 0.2) is 0 Å². The Morgan fingerprint density at radius 1 is 1.41 bits per heavy atom. The minimum Gasteiger partial charge on any atom is -0.444 e. The first-order chi connectivity index (χ1) is 10.1. The zero-order valence-electron chi connectivity index (χ0n) is 13.5. The number of rotatable bonds is 2. The highest BCUT2D eigenvalue weighted by Crippen LogP contribution is 2.30. The van der Waals surface area contributed by atoms with Crippen molar-refractivity contribution in [3.63, 3.8) is 0 Å². The second-order valence-corrected chi connectivity index (χ2v) is 7.98. The van der Waals surface area contributed by atoms with Gasteiger partial charge in [0.15, 0.2) is 0 Å². The molecule has 2 heterocycles. The number of piperidine rings is 1. The molecule has 2 aliphatic rings. The normalized spacial score (nSPS) is 25.5. The van der Waals surface area contributed by atoms with Crippen LogP contribution in [0, 0.1) is 0 Å². The summed E-state index contributed by atoms with van der Waals surface area (Å²) in [6.07, 6.45) is 0.436. The van der Waals surface area contributed by atoms with Crippen LogP contribution in [0.2, 0.25) is 0 Å². The summed E-state index contributed by atoms with van der Waals surface area (Å²) >= 11 is 4.28. The molecule has 0 bridgehead atoms. The third-order valence-electron chi connectivity index (χ3n) is 3.98. The minimum atomic E-state index is -1.42. The fourth-order valence-corrected chi connectivity index (χ4v) is 3.17. The summed E-state index contributed by atoms with van der Waals surface area (Å²) in [5.41, 5.74) is -1.98. The van der Waals surface area contributed by atoms with E-state index in [4.69, 9.17) is 4.74 Å². The molecule has 1 atom stereocenters. The average molecular weight is 332 g/mol. The van der Waals surface area contributed by atoms with Crippen molar-refractivity contribution >= 4 is 24.6 Å². The van der Waals surface area contributed by atoms with Gasteiger partial charge in [-0.1, -0.05) is 0 Å². The third-order valence-corrected chi connectivity index (χ3v) is 4.33. The highest BCUT2D eigenvalue weighted by molar-refractivity contribution is 7.81. The van der Waals surface area contributed by atoms with Gasteiger partial charge in [-0.15, -0.1) is 0 Å². The van der Waals surface area contributed by atoms with E-state index in [-0.39, 0.29) is 30.5 Å². The molecular weight excluding hydrogens is 307 g/mol. The molecule has 0 spiro atoms. The fourth-order valence-electron chi connectivity index (χ4n) is 2.82.